The van der Waals surface area contributed by atoms with Crippen molar-refractivity contribution >= 4 is 19.8 Å². The Hall–Kier alpha value is -1.16. The second-order valence-corrected chi connectivity index (χ2v) is 5.08. The lowest BCUT2D eigenvalue weighted by Crippen LogP contribution is -2.36. The van der Waals surface area contributed by atoms with Crippen molar-refractivity contribution in [1.29, 1.82) is 0 Å². The second-order valence-electron chi connectivity index (χ2n) is 3.53. The fourth-order valence-corrected chi connectivity index (χ4v) is 2.79. The van der Waals surface area contributed by atoms with Crippen LogP contribution in [0.2, 0.25) is 0 Å². The predicted octanol–water partition coefficient (Wildman–Crippen LogP) is 1.65. The average molecular weight is 255 g/mol. The van der Waals surface area contributed by atoms with Gasteiger partial charge in [-0.3, -0.25) is 0 Å². The van der Waals surface area contributed by atoms with Crippen LogP contribution in [0.3, 0.4) is 0 Å². The lowest BCUT2D eigenvalue weighted by atomic mass is 10.4. The maximum absolute atomic E-state index is 10.8. The van der Waals surface area contributed by atoms with Crippen LogP contribution in [-0.2, 0) is 9.05 Å². The minimum atomic E-state index is -1.07. The summed E-state index contributed by atoms with van der Waals surface area (Å²) in [6.45, 7) is 1.52. The molecule has 1 aromatic rings. The van der Waals surface area contributed by atoms with Gasteiger partial charge in [-0.1, -0.05) is 18.2 Å². The second kappa shape index (κ2) is 5.96. The summed E-state index contributed by atoms with van der Waals surface area (Å²) < 4.78 is 11.2. The molecule has 0 unspecified atom stereocenters. The Morgan fingerprint density at radius 2 is 1.76 bits per heavy atom. The van der Waals surface area contributed by atoms with Crippen LogP contribution < -0.4 is 5.30 Å². The van der Waals surface area contributed by atoms with Gasteiger partial charge in [-0.15, -0.1) is 0 Å². The number of hydrogen-bond acceptors (Lipinski definition) is 3. The van der Waals surface area contributed by atoms with Crippen molar-refractivity contribution in [2.45, 2.75) is 0 Å². The van der Waals surface area contributed by atoms with E-state index in [1.807, 2.05) is 30.3 Å². The number of benzene rings is 1. The molecule has 1 aliphatic heterocycles. The number of rotatable bonds is 1. The van der Waals surface area contributed by atoms with E-state index in [-0.39, 0.29) is 0 Å². The molecule has 5 nitrogen and oxygen atoms in total. The normalized spacial score (nSPS) is 18.5. The monoisotopic (exact) mass is 255 g/mol. The lowest BCUT2D eigenvalue weighted by molar-refractivity contribution is 0.113. The molecule has 17 heavy (non-hydrogen) atoms. The molecule has 1 fully saturated rings. The summed E-state index contributed by atoms with van der Waals surface area (Å²) in [7, 11) is -1.07. The van der Waals surface area contributed by atoms with Crippen molar-refractivity contribution in [3.63, 3.8) is 0 Å². The third-order valence-electron chi connectivity index (χ3n) is 2.38. The zero-order valence-electron chi connectivity index (χ0n) is 9.28. The Labute approximate surface area is 101 Å². The molecule has 0 bridgehead atoms. The van der Waals surface area contributed by atoms with Crippen LogP contribution in [-0.4, -0.2) is 42.4 Å². The van der Waals surface area contributed by atoms with Gasteiger partial charge >= 0.3 is 6.09 Å². The Morgan fingerprint density at radius 1 is 1.18 bits per heavy atom. The van der Waals surface area contributed by atoms with E-state index in [9.17, 15) is 4.79 Å². The quantitative estimate of drug-likeness (QED) is 0.775. The first-order valence-electron chi connectivity index (χ1n) is 5.36. The lowest BCUT2D eigenvalue weighted by Gasteiger charge is -2.26. The molecule has 0 atom stereocenters. The van der Waals surface area contributed by atoms with Crippen LogP contribution >= 0.6 is 8.38 Å². The van der Waals surface area contributed by atoms with E-state index < -0.39 is 14.5 Å². The van der Waals surface area contributed by atoms with Crippen LogP contribution in [0.1, 0.15) is 0 Å². The van der Waals surface area contributed by atoms with Crippen LogP contribution in [0.15, 0.2) is 30.3 Å². The van der Waals surface area contributed by atoms with Gasteiger partial charge in [0.2, 0.25) is 8.38 Å². The molecule has 1 saturated heterocycles. The molecule has 2 rings (SSSR count). The molecule has 0 aromatic heterocycles. The van der Waals surface area contributed by atoms with Crippen LogP contribution in [0.4, 0.5) is 4.79 Å². The Bertz CT molecular complexity index is 363. The first-order chi connectivity index (χ1) is 8.27. The van der Waals surface area contributed by atoms with Gasteiger partial charge in [0.15, 0.2) is 0 Å². The van der Waals surface area contributed by atoms with Crippen molar-refractivity contribution in [2.24, 2.45) is 0 Å². The first kappa shape index (κ1) is 12.3. The van der Waals surface area contributed by atoms with Crippen LogP contribution in [0.25, 0.3) is 0 Å². The van der Waals surface area contributed by atoms with Gasteiger partial charge in [0.1, 0.15) is 0 Å². The minimum absolute atomic E-state index is 0.368. The average Bonchev–Trinajstić information content (AvgIpc) is 2.29. The SMILES string of the molecule is O=C(O)N1CCOP(c2ccccc2)OCC1. The van der Waals surface area contributed by atoms with Gasteiger partial charge in [0.05, 0.1) is 13.2 Å². The minimum Gasteiger partial charge on any atom is -0.465 e. The summed E-state index contributed by atoms with van der Waals surface area (Å²) in [5, 5.41) is 9.88. The van der Waals surface area contributed by atoms with Crippen LogP contribution in [0, 0.1) is 0 Å². The summed E-state index contributed by atoms with van der Waals surface area (Å²) in [5.74, 6) is 0. The molecule has 1 aromatic carbocycles. The van der Waals surface area contributed by atoms with E-state index in [2.05, 4.69) is 0 Å². The third kappa shape index (κ3) is 3.40. The molecule has 0 saturated carbocycles. The number of hydrogen-bond donors (Lipinski definition) is 1. The number of carboxylic acid groups (broad SMARTS) is 1. The van der Waals surface area contributed by atoms with Crippen molar-refractivity contribution in [1.82, 2.24) is 4.90 Å². The summed E-state index contributed by atoms with van der Waals surface area (Å²) in [4.78, 5) is 12.1. The zero-order valence-corrected chi connectivity index (χ0v) is 10.2. The maximum atomic E-state index is 10.8. The molecule has 92 valence electrons. The van der Waals surface area contributed by atoms with Gasteiger partial charge in [-0.05, 0) is 12.1 Å². The van der Waals surface area contributed by atoms with Gasteiger partial charge in [-0.25, -0.2) is 4.79 Å². The van der Waals surface area contributed by atoms with E-state index in [1.165, 1.54) is 4.90 Å². The van der Waals surface area contributed by atoms with E-state index >= 15 is 0 Å². The van der Waals surface area contributed by atoms with Gasteiger partial charge in [0.25, 0.3) is 0 Å². The van der Waals surface area contributed by atoms with Crippen molar-refractivity contribution in [3.05, 3.63) is 30.3 Å². The zero-order chi connectivity index (χ0) is 12.1. The van der Waals surface area contributed by atoms with Gasteiger partial charge in [-0.2, -0.15) is 0 Å². The molecular weight excluding hydrogens is 241 g/mol. The molecule has 0 radical (unpaired) electrons. The highest BCUT2D eigenvalue weighted by Crippen LogP contribution is 2.37. The first-order valence-corrected chi connectivity index (χ1v) is 6.54. The maximum Gasteiger partial charge on any atom is 0.407 e. The number of amides is 1. The third-order valence-corrected chi connectivity index (χ3v) is 3.93. The van der Waals surface area contributed by atoms with E-state index in [4.69, 9.17) is 14.2 Å². The molecule has 1 aliphatic rings. The highest BCUT2D eigenvalue weighted by molar-refractivity contribution is 7.56. The Kier molecular flexibility index (Phi) is 4.31. The molecule has 1 N–H and O–H groups in total. The van der Waals surface area contributed by atoms with E-state index in [0.717, 1.165) is 5.30 Å². The van der Waals surface area contributed by atoms with Crippen molar-refractivity contribution < 1.29 is 18.9 Å². The summed E-state index contributed by atoms with van der Waals surface area (Å²) in [6.07, 6.45) is -0.928. The summed E-state index contributed by atoms with van der Waals surface area (Å²) in [6, 6.07) is 9.74. The fraction of sp³-hybridized carbons (Fsp3) is 0.364. The van der Waals surface area contributed by atoms with E-state index in [1.54, 1.807) is 0 Å². The Balaban J connectivity index is 1.95. The molecule has 0 aliphatic carbocycles. The molecular formula is C11H14NO4P. The molecule has 1 heterocycles. The smallest absolute Gasteiger partial charge is 0.407 e. The largest absolute Gasteiger partial charge is 0.465 e. The summed E-state index contributed by atoms with van der Waals surface area (Å²) >= 11 is 0. The summed E-state index contributed by atoms with van der Waals surface area (Å²) in [5.41, 5.74) is 0. The molecule has 1 amide bonds. The van der Waals surface area contributed by atoms with Crippen LogP contribution in [0.5, 0.6) is 0 Å². The highest BCUT2D eigenvalue weighted by Gasteiger charge is 2.20. The fourth-order valence-electron chi connectivity index (χ4n) is 1.51. The highest BCUT2D eigenvalue weighted by atomic mass is 31.2. The predicted molar refractivity (Wildman–Crippen MR) is 64.5 cm³/mol. The van der Waals surface area contributed by atoms with E-state index in [0.29, 0.717) is 26.3 Å². The standard InChI is InChI=1S/C11H14NO4P/c13-11(14)12-6-8-15-17(16-9-7-12)10-4-2-1-3-5-10/h1-5H,6-9H2,(H,13,14). The van der Waals surface area contributed by atoms with Crippen molar-refractivity contribution in [3.8, 4) is 0 Å². The topological polar surface area (TPSA) is 59.0 Å². The van der Waals surface area contributed by atoms with Gasteiger partial charge < -0.3 is 19.1 Å². The van der Waals surface area contributed by atoms with Gasteiger partial charge in [0, 0.05) is 18.4 Å². The number of nitrogens with zero attached hydrogens (tertiary/aromatic N) is 1. The number of carbonyl (C=O) groups is 1. The molecule has 0 spiro atoms. The molecule has 6 heteroatoms. The van der Waals surface area contributed by atoms with Crippen molar-refractivity contribution in [2.75, 3.05) is 26.3 Å². The Morgan fingerprint density at radius 3 is 2.29 bits per heavy atom.